The van der Waals surface area contributed by atoms with Crippen LogP contribution in [0.15, 0.2) is 24.5 Å². The average Bonchev–Trinajstić information content (AvgIpc) is 2.44. The molecular weight excluding hydrogens is 279 g/mol. The number of nitrogens with one attached hydrogen (secondary N) is 1. The number of benzene rings is 1. The van der Waals surface area contributed by atoms with Crippen molar-refractivity contribution in [2.75, 3.05) is 5.32 Å². The summed E-state index contributed by atoms with van der Waals surface area (Å²) in [6.45, 7) is 2.03. The van der Waals surface area contributed by atoms with Gasteiger partial charge in [0.05, 0.1) is 5.56 Å². The summed E-state index contributed by atoms with van der Waals surface area (Å²) in [5.41, 5.74) is 1.36. The van der Waals surface area contributed by atoms with Crippen LogP contribution >= 0.6 is 11.6 Å². The zero-order valence-corrected chi connectivity index (χ0v) is 11.6. The average molecular weight is 291 g/mol. The zero-order chi connectivity index (χ0) is 14.5. The lowest BCUT2D eigenvalue weighted by atomic mass is 10.1. The minimum absolute atomic E-state index is 0.0211. The van der Waals surface area contributed by atoms with E-state index >= 15 is 0 Å². The maximum Gasteiger partial charge on any atom is 0.141 e. The third-order valence-electron chi connectivity index (χ3n) is 2.74. The predicted molar refractivity (Wildman–Crippen MR) is 75.4 cm³/mol. The fourth-order valence-corrected chi connectivity index (χ4v) is 2.02. The highest BCUT2D eigenvalue weighted by Gasteiger charge is 2.10. The van der Waals surface area contributed by atoms with Crippen molar-refractivity contribution in [1.82, 2.24) is 9.97 Å². The van der Waals surface area contributed by atoms with Crippen molar-refractivity contribution in [3.63, 3.8) is 0 Å². The van der Waals surface area contributed by atoms with Crippen LogP contribution in [-0.4, -0.2) is 9.97 Å². The molecule has 0 spiro atoms. The molecule has 0 bridgehead atoms. The Morgan fingerprint density at radius 3 is 2.90 bits per heavy atom. The Hall–Kier alpha value is -2.19. The zero-order valence-electron chi connectivity index (χ0n) is 10.8. The molecule has 2 rings (SSSR count). The summed E-state index contributed by atoms with van der Waals surface area (Å²) in [5, 5.41) is 12.3. The Morgan fingerprint density at radius 1 is 1.40 bits per heavy atom. The Labute approximate surface area is 121 Å². The van der Waals surface area contributed by atoms with E-state index in [9.17, 15) is 4.39 Å². The number of aromatic nitrogens is 2. The van der Waals surface area contributed by atoms with Gasteiger partial charge in [-0.2, -0.15) is 5.26 Å². The summed E-state index contributed by atoms with van der Waals surface area (Å²) < 4.78 is 13.3. The van der Waals surface area contributed by atoms with Gasteiger partial charge in [0.25, 0.3) is 0 Å². The van der Waals surface area contributed by atoms with Crippen LogP contribution in [0, 0.1) is 17.1 Å². The van der Waals surface area contributed by atoms with Crippen LogP contribution in [0.3, 0.4) is 0 Å². The fraction of sp³-hybridized carbons (Fsp3) is 0.214. The first-order chi connectivity index (χ1) is 9.65. The van der Waals surface area contributed by atoms with Gasteiger partial charge in [-0.15, -0.1) is 0 Å². The highest BCUT2D eigenvalue weighted by Crippen LogP contribution is 2.25. The number of rotatable bonds is 4. The molecule has 1 heterocycles. The van der Waals surface area contributed by atoms with Crippen molar-refractivity contribution in [2.45, 2.75) is 19.8 Å². The van der Waals surface area contributed by atoms with Crippen LogP contribution in [0.25, 0.3) is 0 Å². The summed E-state index contributed by atoms with van der Waals surface area (Å²) >= 11 is 6.05. The first-order valence-corrected chi connectivity index (χ1v) is 6.49. The van der Waals surface area contributed by atoms with E-state index in [1.165, 1.54) is 18.5 Å². The van der Waals surface area contributed by atoms with E-state index in [1.807, 2.05) is 6.92 Å². The third-order valence-corrected chi connectivity index (χ3v) is 3.07. The number of hydrogen-bond donors (Lipinski definition) is 1. The first-order valence-electron chi connectivity index (χ1n) is 6.11. The van der Waals surface area contributed by atoms with E-state index in [0.29, 0.717) is 16.7 Å². The van der Waals surface area contributed by atoms with Crippen molar-refractivity contribution in [3.05, 3.63) is 46.6 Å². The molecule has 0 unspecified atom stereocenters. The van der Waals surface area contributed by atoms with E-state index in [-0.39, 0.29) is 5.56 Å². The summed E-state index contributed by atoms with van der Waals surface area (Å²) in [5.74, 6) is 0.0231. The molecule has 1 N–H and O–H groups in total. The van der Waals surface area contributed by atoms with Gasteiger partial charge in [0, 0.05) is 11.3 Å². The molecule has 20 heavy (non-hydrogen) atoms. The molecule has 0 fully saturated rings. The number of anilines is 2. The Bertz CT molecular complexity index is 667. The molecule has 0 aliphatic carbocycles. The van der Waals surface area contributed by atoms with Gasteiger partial charge in [0.2, 0.25) is 0 Å². The van der Waals surface area contributed by atoms with Crippen molar-refractivity contribution in [3.8, 4) is 6.07 Å². The van der Waals surface area contributed by atoms with E-state index in [0.717, 1.165) is 18.4 Å². The van der Waals surface area contributed by atoms with Crippen LogP contribution < -0.4 is 5.32 Å². The van der Waals surface area contributed by atoms with Crippen LogP contribution in [0.2, 0.25) is 5.15 Å². The summed E-state index contributed by atoms with van der Waals surface area (Å²) in [4.78, 5) is 8.10. The lowest BCUT2D eigenvalue weighted by molar-refractivity contribution is 0.624. The van der Waals surface area contributed by atoms with E-state index < -0.39 is 5.82 Å². The SMILES string of the molecule is CCCc1c(Cl)ncnc1Nc1ccc(F)c(C#N)c1. The van der Waals surface area contributed by atoms with Gasteiger partial charge in [-0.1, -0.05) is 24.9 Å². The quantitative estimate of drug-likeness (QED) is 0.869. The Kier molecular flexibility index (Phi) is 4.49. The maximum absolute atomic E-state index is 13.3. The predicted octanol–water partition coefficient (Wildman–Crippen LogP) is 3.84. The summed E-state index contributed by atoms with van der Waals surface area (Å²) in [7, 11) is 0. The van der Waals surface area contributed by atoms with Gasteiger partial charge < -0.3 is 5.32 Å². The molecule has 0 radical (unpaired) electrons. The molecule has 102 valence electrons. The minimum atomic E-state index is -0.549. The molecule has 1 aromatic carbocycles. The summed E-state index contributed by atoms with van der Waals surface area (Å²) in [6.07, 6.45) is 2.99. The molecule has 6 heteroatoms. The van der Waals surface area contributed by atoms with Gasteiger partial charge in [-0.25, -0.2) is 14.4 Å². The molecule has 0 saturated carbocycles. The first kappa shape index (κ1) is 14.2. The van der Waals surface area contributed by atoms with Gasteiger partial charge in [0.15, 0.2) is 0 Å². The van der Waals surface area contributed by atoms with Crippen LogP contribution in [0.5, 0.6) is 0 Å². The van der Waals surface area contributed by atoms with Crippen LogP contribution in [-0.2, 0) is 6.42 Å². The second-order valence-electron chi connectivity index (χ2n) is 4.17. The molecule has 2 aromatic rings. The lowest BCUT2D eigenvalue weighted by Crippen LogP contribution is -2.02. The summed E-state index contributed by atoms with van der Waals surface area (Å²) in [6, 6.07) is 6.01. The molecule has 4 nitrogen and oxygen atoms in total. The molecular formula is C14H12ClFN4. The third kappa shape index (κ3) is 3.03. The van der Waals surface area contributed by atoms with E-state index in [4.69, 9.17) is 16.9 Å². The molecule has 0 atom stereocenters. The normalized spacial score (nSPS) is 10.1. The smallest absolute Gasteiger partial charge is 0.141 e. The molecule has 0 amide bonds. The second-order valence-corrected chi connectivity index (χ2v) is 4.53. The van der Waals surface area contributed by atoms with Gasteiger partial charge in [-0.05, 0) is 24.6 Å². The standard InChI is InChI=1S/C14H12ClFN4/c1-2-3-11-13(15)18-8-19-14(11)20-10-4-5-12(16)9(6-10)7-17/h4-6,8H,2-3H2,1H3,(H,18,19,20). The number of halogens is 2. The minimum Gasteiger partial charge on any atom is -0.340 e. The van der Waals surface area contributed by atoms with E-state index in [1.54, 1.807) is 12.1 Å². The highest BCUT2D eigenvalue weighted by atomic mass is 35.5. The Balaban J connectivity index is 2.35. The second kappa shape index (κ2) is 6.31. The van der Waals surface area contributed by atoms with E-state index in [2.05, 4.69) is 15.3 Å². The molecule has 0 saturated heterocycles. The molecule has 0 aliphatic heterocycles. The topological polar surface area (TPSA) is 61.6 Å². The molecule has 1 aromatic heterocycles. The van der Waals surface area contributed by atoms with Crippen molar-refractivity contribution < 1.29 is 4.39 Å². The van der Waals surface area contributed by atoms with Gasteiger partial charge >= 0.3 is 0 Å². The van der Waals surface area contributed by atoms with Crippen LogP contribution in [0.4, 0.5) is 15.9 Å². The largest absolute Gasteiger partial charge is 0.340 e. The van der Waals surface area contributed by atoms with Gasteiger partial charge in [-0.3, -0.25) is 0 Å². The lowest BCUT2D eigenvalue weighted by Gasteiger charge is -2.11. The number of nitrogens with zero attached hydrogens (tertiary/aromatic N) is 3. The van der Waals surface area contributed by atoms with Crippen LogP contribution in [0.1, 0.15) is 24.5 Å². The maximum atomic E-state index is 13.3. The highest BCUT2D eigenvalue weighted by molar-refractivity contribution is 6.30. The van der Waals surface area contributed by atoms with Crippen molar-refractivity contribution in [2.24, 2.45) is 0 Å². The number of nitriles is 1. The van der Waals surface area contributed by atoms with Crippen molar-refractivity contribution >= 4 is 23.1 Å². The van der Waals surface area contributed by atoms with Gasteiger partial charge in [0.1, 0.15) is 29.2 Å². The molecule has 0 aliphatic rings. The monoisotopic (exact) mass is 290 g/mol. The number of hydrogen-bond acceptors (Lipinski definition) is 4. The Morgan fingerprint density at radius 2 is 2.20 bits per heavy atom. The fourth-order valence-electron chi connectivity index (χ4n) is 1.80. The van der Waals surface area contributed by atoms with Crippen molar-refractivity contribution in [1.29, 1.82) is 5.26 Å².